The first-order valence-corrected chi connectivity index (χ1v) is 9.87. The van der Waals surface area contributed by atoms with E-state index < -0.39 is 17.8 Å². The maximum atomic E-state index is 12.8. The molecule has 0 aromatic heterocycles. The predicted octanol–water partition coefficient (Wildman–Crippen LogP) is 2.91. The second-order valence-electron chi connectivity index (χ2n) is 7.21. The molecule has 2 aromatic rings. The predicted molar refractivity (Wildman–Crippen MR) is 109 cm³/mol. The SMILES string of the molecule is O=C1NC(=O)N(C[C@H]2CCCO2)C(=O)/C1=C\c1ccc(OCc2ccccc2)cc1. The van der Waals surface area contributed by atoms with Crippen molar-refractivity contribution in [1.29, 1.82) is 0 Å². The Morgan fingerprint density at radius 1 is 1.07 bits per heavy atom. The van der Waals surface area contributed by atoms with E-state index in [1.807, 2.05) is 30.3 Å². The van der Waals surface area contributed by atoms with Crippen LogP contribution >= 0.6 is 0 Å². The zero-order chi connectivity index (χ0) is 20.9. The van der Waals surface area contributed by atoms with Crippen molar-refractivity contribution in [2.24, 2.45) is 0 Å². The Balaban J connectivity index is 1.44. The van der Waals surface area contributed by atoms with Gasteiger partial charge in [0.25, 0.3) is 11.8 Å². The number of carbonyl (C=O) groups is 3. The number of hydrogen-bond acceptors (Lipinski definition) is 5. The highest BCUT2D eigenvalue weighted by atomic mass is 16.5. The van der Waals surface area contributed by atoms with E-state index in [9.17, 15) is 14.4 Å². The number of benzene rings is 2. The van der Waals surface area contributed by atoms with Crippen molar-refractivity contribution in [3.8, 4) is 5.75 Å². The molecule has 4 rings (SSSR count). The molecule has 1 N–H and O–H groups in total. The molecule has 7 heteroatoms. The first-order valence-electron chi connectivity index (χ1n) is 9.87. The van der Waals surface area contributed by atoms with Gasteiger partial charge in [0, 0.05) is 6.61 Å². The monoisotopic (exact) mass is 406 g/mol. The Labute approximate surface area is 174 Å². The number of nitrogens with zero attached hydrogens (tertiary/aromatic N) is 1. The molecular weight excluding hydrogens is 384 g/mol. The van der Waals surface area contributed by atoms with Gasteiger partial charge in [0.1, 0.15) is 17.9 Å². The van der Waals surface area contributed by atoms with Crippen LogP contribution in [0.5, 0.6) is 5.75 Å². The van der Waals surface area contributed by atoms with Gasteiger partial charge in [-0.15, -0.1) is 0 Å². The number of ether oxygens (including phenoxy) is 2. The summed E-state index contributed by atoms with van der Waals surface area (Å²) in [5.41, 5.74) is 1.64. The summed E-state index contributed by atoms with van der Waals surface area (Å²) in [7, 11) is 0. The minimum absolute atomic E-state index is 0.0782. The van der Waals surface area contributed by atoms with Crippen molar-refractivity contribution < 1.29 is 23.9 Å². The molecule has 0 aliphatic carbocycles. The fourth-order valence-electron chi connectivity index (χ4n) is 3.42. The van der Waals surface area contributed by atoms with Crippen molar-refractivity contribution in [3.05, 3.63) is 71.3 Å². The first kappa shape index (κ1) is 19.8. The van der Waals surface area contributed by atoms with E-state index in [1.165, 1.54) is 6.08 Å². The molecule has 0 saturated carbocycles. The lowest BCUT2D eigenvalue weighted by Gasteiger charge is -2.28. The Kier molecular flexibility index (Phi) is 5.90. The van der Waals surface area contributed by atoms with Gasteiger partial charge in [0.05, 0.1) is 12.6 Å². The number of urea groups is 1. The highest BCUT2D eigenvalue weighted by Gasteiger charge is 2.37. The highest BCUT2D eigenvalue weighted by Crippen LogP contribution is 2.20. The molecule has 2 aliphatic heterocycles. The number of barbiturate groups is 1. The number of hydrogen-bond donors (Lipinski definition) is 1. The molecule has 2 saturated heterocycles. The number of rotatable bonds is 6. The van der Waals surface area contributed by atoms with Crippen LogP contribution in [0.25, 0.3) is 6.08 Å². The van der Waals surface area contributed by atoms with Crippen LogP contribution in [0.15, 0.2) is 60.2 Å². The van der Waals surface area contributed by atoms with Gasteiger partial charge in [-0.25, -0.2) is 4.79 Å². The molecule has 0 radical (unpaired) electrons. The van der Waals surface area contributed by atoms with Gasteiger partial charge in [-0.05, 0) is 42.2 Å². The second kappa shape index (κ2) is 8.92. The molecule has 154 valence electrons. The van der Waals surface area contributed by atoms with Gasteiger partial charge >= 0.3 is 6.03 Å². The molecule has 2 aromatic carbocycles. The lowest BCUT2D eigenvalue weighted by Crippen LogP contribution is -2.55. The van der Waals surface area contributed by atoms with E-state index in [2.05, 4.69) is 5.32 Å². The number of amides is 4. The zero-order valence-corrected chi connectivity index (χ0v) is 16.4. The van der Waals surface area contributed by atoms with E-state index in [0.29, 0.717) is 24.5 Å². The van der Waals surface area contributed by atoms with E-state index in [1.54, 1.807) is 24.3 Å². The van der Waals surface area contributed by atoms with Crippen LogP contribution in [-0.2, 0) is 20.9 Å². The number of carbonyl (C=O) groups excluding carboxylic acids is 3. The molecule has 4 amide bonds. The van der Waals surface area contributed by atoms with Gasteiger partial charge in [-0.2, -0.15) is 0 Å². The normalized spacial score (nSPS) is 20.5. The molecule has 30 heavy (non-hydrogen) atoms. The Morgan fingerprint density at radius 2 is 1.83 bits per heavy atom. The first-order chi connectivity index (χ1) is 14.6. The molecule has 2 heterocycles. The molecule has 7 nitrogen and oxygen atoms in total. The Hall–Kier alpha value is -3.45. The highest BCUT2D eigenvalue weighted by molar-refractivity contribution is 6.31. The third-order valence-corrected chi connectivity index (χ3v) is 5.04. The summed E-state index contributed by atoms with van der Waals surface area (Å²) in [5, 5.41) is 2.23. The van der Waals surface area contributed by atoms with Crippen molar-refractivity contribution in [2.75, 3.05) is 13.2 Å². The Morgan fingerprint density at radius 3 is 2.53 bits per heavy atom. The van der Waals surface area contributed by atoms with Gasteiger partial charge in [0.15, 0.2) is 0 Å². The lowest BCUT2D eigenvalue weighted by molar-refractivity contribution is -0.131. The summed E-state index contributed by atoms with van der Waals surface area (Å²) in [6, 6.07) is 16.2. The summed E-state index contributed by atoms with van der Waals surface area (Å²) in [6.07, 6.45) is 2.98. The molecule has 2 aliphatic rings. The van der Waals surface area contributed by atoms with Gasteiger partial charge < -0.3 is 9.47 Å². The molecule has 0 unspecified atom stereocenters. The van der Waals surface area contributed by atoms with Crippen molar-refractivity contribution >= 4 is 23.9 Å². The third kappa shape index (κ3) is 4.58. The minimum Gasteiger partial charge on any atom is -0.489 e. The van der Waals surface area contributed by atoms with Crippen LogP contribution in [0, 0.1) is 0 Å². The van der Waals surface area contributed by atoms with E-state index in [0.717, 1.165) is 23.3 Å². The number of imide groups is 2. The van der Waals surface area contributed by atoms with Crippen molar-refractivity contribution in [1.82, 2.24) is 10.2 Å². The van der Waals surface area contributed by atoms with Crippen molar-refractivity contribution in [3.63, 3.8) is 0 Å². The van der Waals surface area contributed by atoms with Gasteiger partial charge in [-0.1, -0.05) is 42.5 Å². The summed E-state index contributed by atoms with van der Waals surface area (Å²) in [4.78, 5) is 38.1. The minimum atomic E-state index is -0.706. The maximum absolute atomic E-state index is 12.8. The van der Waals surface area contributed by atoms with E-state index in [4.69, 9.17) is 9.47 Å². The maximum Gasteiger partial charge on any atom is 0.331 e. The molecular formula is C23H22N2O5. The fraction of sp³-hybridized carbons (Fsp3) is 0.261. The van der Waals surface area contributed by atoms with E-state index >= 15 is 0 Å². The Bertz CT molecular complexity index is 963. The van der Waals surface area contributed by atoms with Crippen LogP contribution in [0.3, 0.4) is 0 Å². The fourth-order valence-corrected chi connectivity index (χ4v) is 3.42. The summed E-state index contributed by atoms with van der Waals surface area (Å²) >= 11 is 0. The summed E-state index contributed by atoms with van der Waals surface area (Å²) in [5.74, 6) is -0.628. The van der Waals surface area contributed by atoms with Crippen LogP contribution in [-0.4, -0.2) is 42.0 Å². The smallest absolute Gasteiger partial charge is 0.331 e. The van der Waals surface area contributed by atoms with Crippen LogP contribution in [0.1, 0.15) is 24.0 Å². The lowest BCUT2D eigenvalue weighted by atomic mass is 10.1. The van der Waals surface area contributed by atoms with E-state index in [-0.39, 0.29) is 18.2 Å². The zero-order valence-electron chi connectivity index (χ0n) is 16.4. The quantitative estimate of drug-likeness (QED) is 0.589. The average Bonchev–Trinajstić information content (AvgIpc) is 3.28. The topological polar surface area (TPSA) is 84.9 Å². The van der Waals surface area contributed by atoms with Crippen molar-refractivity contribution in [2.45, 2.75) is 25.6 Å². The number of nitrogens with one attached hydrogen (secondary N) is 1. The standard InChI is InChI=1S/C23H22N2O5/c26-21-20(22(27)25(23(28)24-21)14-19-7-4-12-29-19)13-16-8-10-18(11-9-16)30-15-17-5-2-1-3-6-17/h1-3,5-6,8-11,13,19H,4,7,12,14-15H2,(H,24,26,28)/b20-13-/t19-/m1/s1. The average molecular weight is 406 g/mol. The molecule has 2 fully saturated rings. The van der Waals surface area contributed by atoms with Gasteiger partial charge in [0.2, 0.25) is 0 Å². The van der Waals surface area contributed by atoms with Crippen LogP contribution < -0.4 is 10.1 Å². The second-order valence-corrected chi connectivity index (χ2v) is 7.21. The molecule has 0 spiro atoms. The summed E-state index contributed by atoms with van der Waals surface area (Å²) in [6.45, 7) is 1.21. The van der Waals surface area contributed by atoms with Gasteiger partial charge in [-0.3, -0.25) is 19.8 Å². The van der Waals surface area contributed by atoms with Crippen LogP contribution in [0.2, 0.25) is 0 Å². The summed E-state index contributed by atoms with van der Waals surface area (Å²) < 4.78 is 11.3. The molecule has 0 bridgehead atoms. The molecule has 1 atom stereocenters. The largest absolute Gasteiger partial charge is 0.489 e. The van der Waals surface area contributed by atoms with Crippen LogP contribution in [0.4, 0.5) is 4.79 Å². The third-order valence-electron chi connectivity index (χ3n) is 5.04.